The number of hydrogen-bond donors (Lipinski definition) is 3. The Kier molecular flexibility index (Phi) is 5.26. The van der Waals surface area contributed by atoms with E-state index in [2.05, 4.69) is 16.0 Å². The van der Waals surface area contributed by atoms with Crippen molar-refractivity contribution >= 4 is 29.4 Å². The Morgan fingerprint density at radius 2 is 1.83 bits per heavy atom. The average Bonchev–Trinajstić information content (AvgIpc) is 2.83. The minimum Gasteiger partial charge on any atom is -0.347 e. The molecule has 3 N–H and O–H groups in total. The third-order valence-corrected chi connectivity index (χ3v) is 4.48. The first-order chi connectivity index (χ1) is 10.9. The van der Waals surface area contributed by atoms with Crippen LogP contribution in [0.15, 0.2) is 24.3 Å². The summed E-state index contributed by atoms with van der Waals surface area (Å²) in [6.07, 6.45) is 1.30. The van der Waals surface area contributed by atoms with E-state index in [9.17, 15) is 14.4 Å². The average molecular weight is 338 g/mol. The Bertz CT molecular complexity index is 612. The van der Waals surface area contributed by atoms with Crippen molar-refractivity contribution in [3.8, 4) is 0 Å². The molecule has 1 aliphatic heterocycles. The fraction of sp³-hybridized carbons (Fsp3) is 0.438. The number of carbonyl (C=O) groups is 3. The van der Waals surface area contributed by atoms with Crippen LogP contribution in [-0.4, -0.2) is 23.9 Å². The van der Waals surface area contributed by atoms with E-state index in [0.717, 1.165) is 5.56 Å². The van der Waals surface area contributed by atoms with Crippen LogP contribution in [0.5, 0.6) is 0 Å². The molecular weight excluding hydrogens is 318 g/mol. The Labute approximate surface area is 140 Å². The van der Waals surface area contributed by atoms with Crippen molar-refractivity contribution in [2.45, 2.75) is 44.7 Å². The summed E-state index contributed by atoms with van der Waals surface area (Å²) in [5, 5.41) is 8.19. The van der Waals surface area contributed by atoms with E-state index < -0.39 is 23.5 Å². The Hall–Kier alpha value is -2.08. The molecule has 1 aromatic rings. The van der Waals surface area contributed by atoms with Crippen LogP contribution in [0.3, 0.4) is 0 Å². The molecule has 1 heterocycles. The number of nitrogens with one attached hydrogen (secondary N) is 3. The highest BCUT2D eigenvalue weighted by atomic mass is 35.5. The summed E-state index contributed by atoms with van der Waals surface area (Å²) in [6.45, 7) is 3.98. The van der Waals surface area contributed by atoms with Crippen molar-refractivity contribution in [2.24, 2.45) is 0 Å². The van der Waals surface area contributed by atoms with Gasteiger partial charge in [0.05, 0.1) is 12.0 Å². The predicted molar refractivity (Wildman–Crippen MR) is 86.9 cm³/mol. The SMILES string of the molecule is CCC(CC)(NC(=O)C[C@H]1NC(=O)NC1=O)c1ccc(Cl)cc1. The summed E-state index contributed by atoms with van der Waals surface area (Å²) in [4.78, 5) is 35.0. The second-order valence-corrected chi connectivity index (χ2v) is 6.00. The van der Waals surface area contributed by atoms with Gasteiger partial charge < -0.3 is 10.6 Å². The second kappa shape index (κ2) is 7.00. The molecule has 1 aromatic carbocycles. The first kappa shape index (κ1) is 17.3. The summed E-state index contributed by atoms with van der Waals surface area (Å²) < 4.78 is 0. The number of urea groups is 1. The molecule has 23 heavy (non-hydrogen) atoms. The fourth-order valence-electron chi connectivity index (χ4n) is 2.78. The van der Waals surface area contributed by atoms with Gasteiger partial charge in [0, 0.05) is 5.02 Å². The second-order valence-electron chi connectivity index (χ2n) is 5.56. The highest BCUT2D eigenvalue weighted by Gasteiger charge is 2.35. The molecule has 0 aromatic heterocycles. The Balaban J connectivity index is 2.12. The summed E-state index contributed by atoms with van der Waals surface area (Å²) in [6, 6.07) is 5.96. The predicted octanol–water partition coefficient (Wildman–Crippen LogP) is 2.07. The van der Waals surface area contributed by atoms with Gasteiger partial charge in [0.15, 0.2) is 0 Å². The van der Waals surface area contributed by atoms with Gasteiger partial charge in [-0.15, -0.1) is 0 Å². The van der Waals surface area contributed by atoms with Crippen LogP contribution in [0, 0.1) is 0 Å². The molecule has 0 radical (unpaired) electrons. The van der Waals surface area contributed by atoms with Gasteiger partial charge in [0.25, 0.3) is 5.91 Å². The number of imide groups is 1. The zero-order valence-corrected chi connectivity index (χ0v) is 13.9. The highest BCUT2D eigenvalue weighted by Crippen LogP contribution is 2.30. The van der Waals surface area contributed by atoms with Crippen molar-refractivity contribution in [1.29, 1.82) is 0 Å². The van der Waals surface area contributed by atoms with E-state index in [1.807, 2.05) is 26.0 Å². The molecule has 0 bridgehead atoms. The first-order valence-corrected chi connectivity index (χ1v) is 7.96. The summed E-state index contributed by atoms with van der Waals surface area (Å²) >= 11 is 5.92. The van der Waals surface area contributed by atoms with Gasteiger partial charge in [-0.2, -0.15) is 0 Å². The van der Waals surface area contributed by atoms with E-state index in [-0.39, 0.29) is 12.3 Å². The van der Waals surface area contributed by atoms with Crippen LogP contribution < -0.4 is 16.0 Å². The van der Waals surface area contributed by atoms with E-state index in [0.29, 0.717) is 17.9 Å². The number of carbonyl (C=O) groups excluding carboxylic acids is 3. The van der Waals surface area contributed by atoms with Gasteiger partial charge in [-0.1, -0.05) is 37.6 Å². The van der Waals surface area contributed by atoms with Gasteiger partial charge >= 0.3 is 6.03 Å². The lowest BCUT2D eigenvalue weighted by Crippen LogP contribution is -2.47. The maximum Gasteiger partial charge on any atom is 0.322 e. The normalized spacial score (nSPS) is 17.6. The Morgan fingerprint density at radius 1 is 1.22 bits per heavy atom. The zero-order valence-electron chi connectivity index (χ0n) is 13.1. The molecule has 6 nitrogen and oxygen atoms in total. The first-order valence-electron chi connectivity index (χ1n) is 7.58. The van der Waals surface area contributed by atoms with Gasteiger partial charge in [-0.3, -0.25) is 14.9 Å². The monoisotopic (exact) mass is 337 g/mol. The van der Waals surface area contributed by atoms with Crippen molar-refractivity contribution in [3.05, 3.63) is 34.9 Å². The lowest BCUT2D eigenvalue weighted by molar-refractivity contribution is -0.127. The van der Waals surface area contributed by atoms with Gasteiger partial charge in [0.1, 0.15) is 6.04 Å². The van der Waals surface area contributed by atoms with Crippen LogP contribution in [0.2, 0.25) is 5.02 Å². The van der Waals surface area contributed by atoms with E-state index in [1.54, 1.807) is 12.1 Å². The number of rotatable bonds is 6. The van der Waals surface area contributed by atoms with Gasteiger partial charge in [-0.05, 0) is 30.5 Å². The minimum absolute atomic E-state index is 0.0904. The van der Waals surface area contributed by atoms with Crippen molar-refractivity contribution in [1.82, 2.24) is 16.0 Å². The maximum absolute atomic E-state index is 12.4. The fourth-order valence-corrected chi connectivity index (χ4v) is 2.91. The van der Waals surface area contributed by atoms with Crippen molar-refractivity contribution in [2.75, 3.05) is 0 Å². The third kappa shape index (κ3) is 3.82. The summed E-state index contributed by atoms with van der Waals surface area (Å²) in [5.41, 5.74) is 0.431. The van der Waals surface area contributed by atoms with Crippen LogP contribution in [0.25, 0.3) is 0 Å². The standard InChI is InChI=1S/C16H20ClN3O3/c1-3-16(4-2,10-5-7-11(17)8-6-10)20-13(21)9-12-14(22)19-15(23)18-12/h5-8,12H,3-4,9H2,1-2H3,(H,20,21)(H2,18,19,22,23)/t12-/m1/s1. The molecule has 2 rings (SSSR count). The van der Waals surface area contributed by atoms with E-state index >= 15 is 0 Å². The summed E-state index contributed by atoms with van der Waals surface area (Å²) in [5.74, 6) is -0.763. The van der Waals surface area contributed by atoms with E-state index in [1.165, 1.54) is 0 Å². The van der Waals surface area contributed by atoms with E-state index in [4.69, 9.17) is 11.6 Å². The molecule has 7 heteroatoms. The maximum atomic E-state index is 12.4. The molecule has 0 saturated carbocycles. The molecule has 1 aliphatic rings. The quantitative estimate of drug-likeness (QED) is 0.694. The zero-order chi connectivity index (χ0) is 17.0. The lowest BCUT2D eigenvalue weighted by atomic mass is 9.84. The molecule has 1 saturated heterocycles. The largest absolute Gasteiger partial charge is 0.347 e. The minimum atomic E-state index is -0.820. The highest BCUT2D eigenvalue weighted by molar-refractivity contribution is 6.30. The molecular formula is C16H20ClN3O3. The van der Waals surface area contributed by atoms with Crippen LogP contribution in [0.4, 0.5) is 4.79 Å². The van der Waals surface area contributed by atoms with Gasteiger partial charge in [-0.25, -0.2) is 4.79 Å². The number of amides is 4. The molecule has 0 aliphatic carbocycles. The molecule has 4 amide bonds. The smallest absolute Gasteiger partial charge is 0.322 e. The van der Waals surface area contributed by atoms with Crippen LogP contribution >= 0.6 is 11.6 Å². The molecule has 1 fully saturated rings. The van der Waals surface area contributed by atoms with Crippen LogP contribution in [0.1, 0.15) is 38.7 Å². The number of benzene rings is 1. The topological polar surface area (TPSA) is 87.3 Å². The molecule has 124 valence electrons. The van der Waals surface area contributed by atoms with Crippen molar-refractivity contribution < 1.29 is 14.4 Å². The number of hydrogen-bond acceptors (Lipinski definition) is 3. The Morgan fingerprint density at radius 3 is 2.30 bits per heavy atom. The molecule has 0 unspecified atom stereocenters. The van der Waals surface area contributed by atoms with Crippen LogP contribution in [-0.2, 0) is 15.1 Å². The third-order valence-electron chi connectivity index (χ3n) is 4.23. The molecule has 1 atom stereocenters. The number of halogens is 1. The molecule has 0 spiro atoms. The van der Waals surface area contributed by atoms with Gasteiger partial charge in [0.2, 0.25) is 5.91 Å². The van der Waals surface area contributed by atoms with Crippen molar-refractivity contribution in [3.63, 3.8) is 0 Å². The summed E-state index contributed by atoms with van der Waals surface area (Å²) in [7, 11) is 0. The lowest BCUT2D eigenvalue weighted by Gasteiger charge is -2.34.